The average molecular weight is 365 g/mol. The number of nitrogens with zero attached hydrogens (tertiary/aromatic N) is 5. The van der Waals surface area contributed by atoms with Crippen LogP contribution in [0, 0.1) is 5.95 Å². The Balaban J connectivity index is 1.43. The number of anilines is 2. The van der Waals surface area contributed by atoms with Gasteiger partial charge < -0.3 is 9.32 Å². The van der Waals surface area contributed by atoms with Crippen molar-refractivity contribution in [1.82, 2.24) is 15.0 Å². The minimum absolute atomic E-state index is 0.0807. The molecule has 2 aliphatic rings. The van der Waals surface area contributed by atoms with Crippen molar-refractivity contribution < 1.29 is 13.6 Å². The monoisotopic (exact) mass is 365 g/mol. The highest BCUT2D eigenvalue weighted by atomic mass is 19.1. The Labute approximate surface area is 154 Å². The molecule has 0 saturated carbocycles. The lowest BCUT2D eigenvalue weighted by molar-refractivity contribution is 0.0972. The summed E-state index contributed by atoms with van der Waals surface area (Å²) in [6, 6.07) is 6.92. The van der Waals surface area contributed by atoms with E-state index >= 15 is 0 Å². The molecule has 1 fully saturated rings. The van der Waals surface area contributed by atoms with Crippen LogP contribution >= 0.6 is 0 Å². The molecule has 0 spiro atoms. The van der Waals surface area contributed by atoms with E-state index in [0.29, 0.717) is 17.2 Å². The topological polar surface area (TPSA) is 75.4 Å². The molecular weight excluding hydrogens is 349 g/mol. The van der Waals surface area contributed by atoms with E-state index < -0.39 is 5.95 Å². The molecule has 3 aromatic rings. The summed E-state index contributed by atoms with van der Waals surface area (Å²) < 4.78 is 20.2. The van der Waals surface area contributed by atoms with Crippen molar-refractivity contribution >= 4 is 17.4 Å². The number of hydrogen-bond acceptors (Lipinski definition) is 6. The predicted molar refractivity (Wildman–Crippen MR) is 95.9 cm³/mol. The normalized spacial score (nSPS) is 16.3. The van der Waals surface area contributed by atoms with Gasteiger partial charge in [0, 0.05) is 19.3 Å². The number of rotatable bonds is 3. The first-order valence-electron chi connectivity index (χ1n) is 8.84. The lowest BCUT2D eigenvalue weighted by Gasteiger charge is -2.16. The lowest BCUT2D eigenvalue weighted by Crippen LogP contribution is -2.23. The Morgan fingerprint density at radius 1 is 1.11 bits per heavy atom. The maximum atomic E-state index is 14.5. The maximum Gasteiger partial charge on any atom is 0.296 e. The van der Waals surface area contributed by atoms with Gasteiger partial charge in [0.15, 0.2) is 0 Å². The highest BCUT2D eigenvalue weighted by Gasteiger charge is 2.35. The molecule has 7 nitrogen and oxygen atoms in total. The highest BCUT2D eigenvalue weighted by Crippen LogP contribution is 2.32. The van der Waals surface area contributed by atoms with Crippen molar-refractivity contribution in [3.8, 4) is 11.5 Å². The third-order valence-electron chi connectivity index (χ3n) is 4.90. The van der Waals surface area contributed by atoms with E-state index in [1.165, 1.54) is 4.90 Å². The van der Waals surface area contributed by atoms with Crippen molar-refractivity contribution in [3.05, 3.63) is 54.1 Å². The molecule has 8 heteroatoms. The maximum absolute atomic E-state index is 14.5. The van der Waals surface area contributed by atoms with Crippen LogP contribution in [0.15, 0.2) is 41.1 Å². The first kappa shape index (κ1) is 15.9. The SMILES string of the molecule is O=C1c2oc(-c3ccc(N4CCCC4)nc3F)nc2CN1c1cccnc1. The van der Waals surface area contributed by atoms with Crippen molar-refractivity contribution in [2.24, 2.45) is 0 Å². The molecule has 0 unspecified atom stereocenters. The Bertz CT molecular complexity index is 1010. The molecule has 5 heterocycles. The number of fused-ring (bicyclic) bond motifs is 1. The van der Waals surface area contributed by atoms with Gasteiger partial charge in [-0.1, -0.05) is 0 Å². The van der Waals surface area contributed by atoms with E-state index in [-0.39, 0.29) is 29.7 Å². The van der Waals surface area contributed by atoms with E-state index in [1.807, 2.05) is 0 Å². The summed E-state index contributed by atoms with van der Waals surface area (Å²) in [4.78, 5) is 28.6. The van der Waals surface area contributed by atoms with E-state index in [1.54, 1.807) is 36.7 Å². The second-order valence-electron chi connectivity index (χ2n) is 6.60. The largest absolute Gasteiger partial charge is 0.430 e. The van der Waals surface area contributed by atoms with E-state index in [9.17, 15) is 9.18 Å². The van der Waals surface area contributed by atoms with Crippen LogP contribution < -0.4 is 9.80 Å². The number of pyridine rings is 2. The van der Waals surface area contributed by atoms with Gasteiger partial charge in [-0.15, -0.1) is 0 Å². The summed E-state index contributed by atoms with van der Waals surface area (Å²) in [7, 11) is 0. The van der Waals surface area contributed by atoms with Crippen LogP contribution in [0.2, 0.25) is 0 Å². The van der Waals surface area contributed by atoms with Crippen LogP contribution in [0.1, 0.15) is 29.1 Å². The fraction of sp³-hybridized carbons (Fsp3) is 0.263. The molecular formula is C19H16FN5O2. The smallest absolute Gasteiger partial charge is 0.296 e. The Hall–Kier alpha value is -3.29. The lowest BCUT2D eigenvalue weighted by atomic mass is 10.2. The zero-order valence-corrected chi connectivity index (χ0v) is 14.4. The molecule has 0 atom stereocenters. The number of oxazole rings is 1. The fourth-order valence-corrected chi connectivity index (χ4v) is 3.51. The summed E-state index contributed by atoms with van der Waals surface area (Å²) in [6.45, 7) is 2.04. The Morgan fingerprint density at radius 3 is 2.67 bits per heavy atom. The van der Waals surface area contributed by atoms with E-state index in [2.05, 4.69) is 19.9 Å². The first-order valence-corrected chi connectivity index (χ1v) is 8.84. The number of hydrogen-bond donors (Lipinski definition) is 0. The van der Waals surface area contributed by atoms with Gasteiger partial charge in [-0.05, 0) is 37.1 Å². The summed E-state index contributed by atoms with van der Waals surface area (Å²) >= 11 is 0. The third kappa shape index (κ3) is 2.64. The molecule has 0 bridgehead atoms. The number of halogens is 1. The summed E-state index contributed by atoms with van der Waals surface area (Å²) in [5.41, 5.74) is 1.31. The third-order valence-corrected chi connectivity index (χ3v) is 4.90. The molecule has 3 aromatic heterocycles. The average Bonchev–Trinajstić information content (AvgIpc) is 3.41. The number of aromatic nitrogens is 3. The van der Waals surface area contributed by atoms with Gasteiger partial charge in [0.1, 0.15) is 11.5 Å². The molecule has 2 aliphatic heterocycles. The minimum Gasteiger partial charge on any atom is -0.430 e. The molecule has 5 rings (SSSR count). The van der Waals surface area contributed by atoms with E-state index in [4.69, 9.17) is 4.42 Å². The van der Waals surface area contributed by atoms with Gasteiger partial charge in [0.05, 0.1) is 24.0 Å². The van der Waals surface area contributed by atoms with Crippen LogP contribution in [-0.4, -0.2) is 33.9 Å². The molecule has 0 aromatic carbocycles. The van der Waals surface area contributed by atoms with Gasteiger partial charge in [0.2, 0.25) is 17.6 Å². The summed E-state index contributed by atoms with van der Waals surface area (Å²) in [5.74, 6) is -0.115. The zero-order chi connectivity index (χ0) is 18.4. The van der Waals surface area contributed by atoms with Gasteiger partial charge in [0.25, 0.3) is 5.91 Å². The van der Waals surface area contributed by atoms with Crippen molar-refractivity contribution in [3.63, 3.8) is 0 Å². The van der Waals surface area contributed by atoms with Crippen molar-refractivity contribution in [2.75, 3.05) is 22.9 Å². The van der Waals surface area contributed by atoms with Crippen molar-refractivity contribution in [2.45, 2.75) is 19.4 Å². The second kappa shape index (κ2) is 6.15. The number of carbonyl (C=O) groups excluding carboxylic acids is 1. The zero-order valence-electron chi connectivity index (χ0n) is 14.4. The van der Waals surface area contributed by atoms with Crippen LogP contribution in [0.25, 0.3) is 11.5 Å². The molecule has 1 saturated heterocycles. The molecule has 136 valence electrons. The standard InChI is InChI=1S/C19H16FN5O2/c20-17-13(5-6-15(23-17)24-8-1-2-9-24)18-22-14-11-25(19(26)16(14)27-18)12-4-3-7-21-10-12/h3-7,10H,1-2,8-9,11H2. The molecule has 27 heavy (non-hydrogen) atoms. The van der Waals surface area contributed by atoms with Crippen molar-refractivity contribution in [1.29, 1.82) is 0 Å². The van der Waals surface area contributed by atoms with E-state index in [0.717, 1.165) is 25.9 Å². The Morgan fingerprint density at radius 2 is 1.96 bits per heavy atom. The number of carbonyl (C=O) groups is 1. The predicted octanol–water partition coefficient (Wildman–Crippen LogP) is 3.03. The molecule has 0 N–H and O–H groups in total. The molecule has 1 amide bonds. The quantitative estimate of drug-likeness (QED) is 0.664. The van der Waals surface area contributed by atoms with Crippen LogP contribution in [0.5, 0.6) is 0 Å². The summed E-state index contributed by atoms with van der Waals surface area (Å²) in [6.07, 6.45) is 5.42. The highest BCUT2D eigenvalue weighted by molar-refractivity contribution is 6.07. The van der Waals surface area contributed by atoms with Gasteiger partial charge >= 0.3 is 0 Å². The number of amides is 1. The summed E-state index contributed by atoms with van der Waals surface area (Å²) in [5, 5.41) is 0. The minimum atomic E-state index is -0.643. The Kier molecular flexibility index (Phi) is 3.63. The fourth-order valence-electron chi connectivity index (χ4n) is 3.51. The van der Waals surface area contributed by atoms with Gasteiger partial charge in [-0.25, -0.2) is 9.97 Å². The van der Waals surface area contributed by atoms with Gasteiger partial charge in [-0.3, -0.25) is 14.7 Å². The second-order valence-corrected chi connectivity index (χ2v) is 6.60. The van der Waals surface area contributed by atoms with Crippen LogP contribution in [0.3, 0.4) is 0 Å². The van der Waals surface area contributed by atoms with Crippen LogP contribution in [-0.2, 0) is 6.54 Å². The first-order chi connectivity index (χ1) is 13.2. The van der Waals surface area contributed by atoms with Crippen LogP contribution in [0.4, 0.5) is 15.9 Å². The molecule has 0 radical (unpaired) electrons. The molecule has 0 aliphatic carbocycles. The van der Waals surface area contributed by atoms with Gasteiger partial charge in [-0.2, -0.15) is 4.39 Å².